The van der Waals surface area contributed by atoms with E-state index >= 15 is 0 Å². The summed E-state index contributed by atoms with van der Waals surface area (Å²) < 4.78 is 78.3. The van der Waals surface area contributed by atoms with Gasteiger partial charge in [-0.3, -0.25) is 5.43 Å². The van der Waals surface area contributed by atoms with Gasteiger partial charge >= 0.3 is 12.4 Å². The third-order valence-electron chi connectivity index (χ3n) is 3.74. The van der Waals surface area contributed by atoms with E-state index in [1.54, 1.807) is 37.3 Å². The van der Waals surface area contributed by atoms with E-state index in [1.807, 2.05) is 0 Å². The summed E-state index contributed by atoms with van der Waals surface area (Å²) >= 11 is 0. The van der Waals surface area contributed by atoms with Crippen LogP contribution in [0.3, 0.4) is 0 Å². The highest BCUT2D eigenvalue weighted by Crippen LogP contribution is 2.48. The number of hydrazone groups is 1. The van der Waals surface area contributed by atoms with Crippen LogP contribution in [0.5, 0.6) is 0 Å². The molecule has 0 saturated carbocycles. The van der Waals surface area contributed by atoms with Gasteiger partial charge in [-0.05, 0) is 18.6 Å². The van der Waals surface area contributed by atoms with Crippen molar-refractivity contribution in [2.75, 3.05) is 5.43 Å². The van der Waals surface area contributed by atoms with Crippen LogP contribution in [0.1, 0.15) is 32.6 Å². The second kappa shape index (κ2) is 8.55. The summed E-state index contributed by atoms with van der Waals surface area (Å²) in [6.07, 6.45) is -10.6. The fourth-order valence-electron chi connectivity index (χ4n) is 2.30. The van der Waals surface area contributed by atoms with Crippen molar-refractivity contribution in [2.24, 2.45) is 11.0 Å². The van der Waals surface area contributed by atoms with Gasteiger partial charge in [-0.1, -0.05) is 44.4 Å². The van der Waals surface area contributed by atoms with Crippen molar-refractivity contribution in [1.82, 2.24) is 0 Å². The Hall–Kier alpha value is -1.77. The molecule has 1 aromatic carbocycles. The maximum Gasteiger partial charge on any atom is 0.426 e. The molecule has 0 unspecified atom stereocenters. The number of anilines is 1. The molecular weight excluding hydrogens is 350 g/mol. The number of hydrogen-bond acceptors (Lipinski definition) is 3. The number of para-hydroxylation sites is 1. The first-order chi connectivity index (χ1) is 11.5. The van der Waals surface area contributed by atoms with Crippen LogP contribution in [0.15, 0.2) is 35.4 Å². The Morgan fingerprint density at radius 1 is 1.04 bits per heavy atom. The highest BCUT2D eigenvalue weighted by atomic mass is 19.4. The Bertz CT molecular complexity index is 528. The zero-order chi connectivity index (χ0) is 19.1. The Labute approximate surface area is 141 Å². The SMILES string of the molecule is CCCCC[C@@H](/C=N/Nc1ccccc1)C(O)(C(F)(F)F)C(F)(F)F. The average Bonchev–Trinajstić information content (AvgIpc) is 2.51. The second-order valence-electron chi connectivity index (χ2n) is 5.62. The summed E-state index contributed by atoms with van der Waals surface area (Å²) in [4.78, 5) is 0. The molecule has 0 saturated heterocycles. The first-order valence-corrected chi connectivity index (χ1v) is 7.74. The standard InChI is InChI=1S/C16H20F6N2O/c1-2-3-5-8-12(11-23-24-13-9-6-4-7-10-13)14(25,15(17,18)19)16(20,21)22/h4,6-7,9-12,24-25H,2-3,5,8H2,1H3/b23-11+/t12-/m0/s1. The van der Waals surface area contributed by atoms with Crippen molar-refractivity contribution in [3.05, 3.63) is 30.3 Å². The minimum atomic E-state index is -5.87. The molecule has 1 aromatic rings. The van der Waals surface area contributed by atoms with Crippen molar-refractivity contribution in [3.8, 4) is 0 Å². The van der Waals surface area contributed by atoms with Crippen molar-refractivity contribution in [2.45, 2.75) is 50.6 Å². The Morgan fingerprint density at radius 2 is 1.60 bits per heavy atom. The van der Waals surface area contributed by atoms with E-state index in [2.05, 4.69) is 10.5 Å². The van der Waals surface area contributed by atoms with Gasteiger partial charge in [-0.15, -0.1) is 0 Å². The molecular formula is C16H20F6N2O. The molecule has 0 spiro atoms. The number of nitrogens with zero attached hydrogens (tertiary/aromatic N) is 1. The summed E-state index contributed by atoms with van der Waals surface area (Å²) in [7, 11) is 0. The average molecular weight is 370 g/mol. The predicted molar refractivity (Wildman–Crippen MR) is 83.2 cm³/mol. The molecule has 9 heteroatoms. The van der Waals surface area contributed by atoms with E-state index in [4.69, 9.17) is 0 Å². The van der Waals surface area contributed by atoms with Crippen LogP contribution in [0.2, 0.25) is 0 Å². The normalized spacial score (nSPS) is 14.7. The number of rotatable bonds is 8. The van der Waals surface area contributed by atoms with Crippen LogP contribution in [0.4, 0.5) is 32.0 Å². The Balaban J connectivity index is 3.08. The maximum absolute atomic E-state index is 13.1. The first-order valence-electron chi connectivity index (χ1n) is 7.74. The van der Waals surface area contributed by atoms with Gasteiger partial charge in [0.25, 0.3) is 5.60 Å². The predicted octanol–water partition coefficient (Wildman–Crippen LogP) is 5.14. The number of alkyl halides is 6. The smallest absolute Gasteiger partial charge is 0.373 e. The molecule has 2 N–H and O–H groups in total. The van der Waals surface area contributed by atoms with Gasteiger partial charge in [0.2, 0.25) is 0 Å². The molecule has 3 nitrogen and oxygen atoms in total. The number of nitrogens with one attached hydrogen (secondary N) is 1. The molecule has 0 radical (unpaired) electrons. The number of hydrogen-bond donors (Lipinski definition) is 2. The van der Waals surface area contributed by atoms with Crippen LogP contribution in [-0.4, -0.2) is 29.3 Å². The summed E-state index contributed by atoms with van der Waals surface area (Å²) in [6, 6.07) is 8.03. The van der Waals surface area contributed by atoms with Gasteiger partial charge in [-0.25, -0.2) is 0 Å². The summed E-state index contributed by atoms with van der Waals surface area (Å²) in [5.41, 5.74) is -2.09. The lowest BCUT2D eigenvalue weighted by Crippen LogP contribution is -2.62. The van der Waals surface area contributed by atoms with Gasteiger partial charge in [0, 0.05) is 12.1 Å². The minimum Gasteiger partial charge on any atom is -0.373 e. The fourth-order valence-corrected chi connectivity index (χ4v) is 2.30. The quantitative estimate of drug-likeness (QED) is 0.288. The van der Waals surface area contributed by atoms with Gasteiger partial charge in [-0.2, -0.15) is 31.4 Å². The number of unbranched alkanes of at least 4 members (excludes halogenated alkanes) is 2. The molecule has 0 heterocycles. The molecule has 0 bridgehead atoms. The van der Waals surface area contributed by atoms with E-state index in [0.29, 0.717) is 24.7 Å². The third-order valence-corrected chi connectivity index (χ3v) is 3.74. The number of halogens is 6. The summed E-state index contributed by atoms with van der Waals surface area (Å²) in [6.45, 7) is 1.76. The van der Waals surface area contributed by atoms with Gasteiger partial charge < -0.3 is 5.11 Å². The maximum atomic E-state index is 13.1. The highest BCUT2D eigenvalue weighted by Gasteiger charge is 2.73. The molecule has 142 valence electrons. The molecule has 0 fully saturated rings. The lowest BCUT2D eigenvalue weighted by atomic mass is 9.83. The molecule has 0 aromatic heterocycles. The third kappa shape index (κ3) is 5.35. The van der Waals surface area contributed by atoms with Crippen molar-refractivity contribution in [3.63, 3.8) is 0 Å². The minimum absolute atomic E-state index is 0.104. The Morgan fingerprint density at radius 3 is 2.08 bits per heavy atom. The molecule has 0 aliphatic heterocycles. The van der Waals surface area contributed by atoms with E-state index in [-0.39, 0.29) is 6.42 Å². The molecule has 0 aliphatic rings. The first kappa shape index (κ1) is 21.3. The highest BCUT2D eigenvalue weighted by molar-refractivity contribution is 5.64. The molecule has 0 aliphatic carbocycles. The van der Waals surface area contributed by atoms with E-state index < -0.39 is 30.3 Å². The van der Waals surface area contributed by atoms with Crippen LogP contribution in [0, 0.1) is 5.92 Å². The zero-order valence-electron chi connectivity index (χ0n) is 13.5. The monoisotopic (exact) mass is 370 g/mol. The van der Waals surface area contributed by atoms with Gasteiger partial charge in [0.1, 0.15) is 0 Å². The molecule has 1 rings (SSSR count). The summed E-state index contributed by atoms with van der Waals surface area (Å²) in [5, 5.41) is 13.1. The van der Waals surface area contributed by atoms with Crippen LogP contribution in [0.25, 0.3) is 0 Å². The topological polar surface area (TPSA) is 44.6 Å². The van der Waals surface area contributed by atoms with Crippen LogP contribution >= 0.6 is 0 Å². The van der Waals surface area contributed by atoms with E-state index in [0.717, 1.165) is 0 Å². The largest absolute Gasteiger partial charge is 0.426 e. The van der Waals surface area contributed by atoms with Crippen molar-refractivity contribution in [1.29, 1.82) is 0 Å². The number of aliphatic hydroxyl groups is 1. The molecule has 1 atom stereocenters. The number of benzene rings is 1. The van der Waals surface area contributed by atoms with Gasteiger partial charge in [0.05, 0.1) is 5.69 Å². The van der Waals surface area contributed by atoms with Crippen molar-refractivity contribution >= 4 is 11.9 Å². The molecule has 0 amide bonds. The van der Waals surface area contributed by atoms with Gasteiger partial charge in [0.15, 0.2) is 0 Å². The second-order valence-corrected chi connectivity index (χ2v) is 5.62. The zero-order valence-corrected chi connectivity index (χ0v) is 13.5. The van der Waals surface area contributed by atoms with Crippen molar-refractivity contribution < 1.29 is 31.4 Å². The van der Waals surface area contributed by atoms with E-state index in [1.165, 1.54) is 0 Å². The van der Waals surface area contributed by atoms with Crippen LogP contribution < -0.4 is 5.43 Å². The molecule has 25 heavy (non-hydrogen) atoms. The fraction of sp³-hybridized carbons (Fsp3) is 0.562. The van der Waals surface area contributed by atoms with E-state index in [9.17, 15) is 31.4 Å². The lowest BCUT2D eigenvalue weighted by molar-refractivity contribution is -0.378. The van der Waals surface area contributed by atoms with Crippen LogP contribution in [-0.2, 0) is 0 Å². The summed E-state index contributed by atoms with van der Waals surface area (Å²) in [5.74, 6) is -2.25. The Kier molecular flexibility index (Phi) is 7.28. The lowest BCUT2D eigenvalue weighted by Gasteiger charge is -2.37.